The van der Waals surface area contributed by atoms with Gasteiger partial charge in [0.2, 0.25) is 5.91 Å². The number of nitrogens with one attached hydrogen (secondary N) is 2. The molecule has 0 saturated heterocycles. The maximum absolute atomic E-state index is 11.5. The molecule has 0 bridgehead atoms. The molecule has 0 aromatic heterocycles. The van der Waals surface area contributed by atoms with E-state index in [1.54, 1.807) is 38.3 Å². The van der Waals surface area contributed by atoms with E-state index in [1.807, 2.05) is 0 Å². The van der Waals surface area contributed by atoms with Crippen LogP contribution in [0.4, 0.5) is 5.69 Å². The van der Waals surface area contributed by atoms with Gasteiger partial charge in [0.1, 0.15) is 5.75 Å². The zero-order chi connectivity index (χ0) is 15.0. The first-order valence-electron chi connectivity index (χ1n) is 5.99. The molecule has 0 unspecified atom stereocenters. The minimum atomic E-state index is -0.489. The second kappa shape index (κ2) is 7.78. The number of hydrogen-bond donors (Lipinski definition) is 3. The van der Waals surface area contributed by atoms with Crippen LogP contribution in [0, 0.1) is 0 Å². The molecule has 1 aromatic carbocycles. The van der Waals surface area contributed by atoms with Crippen LogP contribution in [0.2, 0.25) is 0 Å². The summed E-state index contributed by atoms with van der Waals surface area (Å²) in [6, 6.07) is 7.17. The van der Waals surface area contributed by atoms with Gasteiger partial charge >= 0.3 is 0 Å². The van der Waals surface area contributed by atoms with E-state index in [0.29, 0.717) is 5.71 Å². The second-order valence-corrected chi connectivity index (χ2v) is 4.11. The first-order chi connectivity index (χ1) is 9.51. The monoisotopic (exact) mass is 278 g/mol. The number of carbonyl (C=O) groups is 2. The molecule has 20 heavy (non-hydrogen) atoms. The Morgan fingerprint density at radius 2 is 1.95 bits per heavy atom. The van der Waals surface area contributed by atoms with Crippen molar-refractivity contribution in [1.82, 2.24) is 5.43 Å². The number of rotatable bonds is 7. The van der Waals surface area contributed by atoms with Gasteiger partial charge in [-0.2, -0.15) is 5.10 Å². The number of hydrogen-bond acceptors (Lipinski definition) is 5. The standard InChI is InChI=1S/C13H18N4O3/c1-9(7-12(14)18)16-17-13(19)8-15-10-3-5-11(20-2)6-4-10/h3-6,15H,7-8H2,1-2H3,(H2,14,18)(H,17,19)/b16-9-. The largest absolute Gasteiger partial charge is 0.497 e. The van der Waals surface area contributed by atoms with Crippen LogP contribution in [0.1, 0.15) is 13.3 Å². The molecule has 0 spiro atoms. The number of primary amides is 1. The average Bonchev–Trinajstić information content (AvgIpc) is 2.42. The summed E-state index contributed by atoms with van der Waals surface area (Å²) in [5, 5.41) is 6.69. The van der Waals surface area contributed by atoms with Gasteiger partial charge in [-0.3, -0.25) is 9.59 Å². The van der Waals surface area contributed by atoms with E-state index in [0.717, 1.165) is 11.4 Å². The highest BCUT2D eigenvalue weighted by atomic mass is 16.5. The van der Waals surface area contributed by atoms with Gasteiger partial charge in [0.15, 0.2) is 0 Å². The zero-order valence-corrected chi connectivity index (χ0v) is 11.5. The zero-order valence-electron chi connectivity index (χ0n) is 11.5. The van der Waals surface area contributed by atoms with Gasteiger partial charge in [-0.05, 0) is 31.2 Å². The fourth-order valence-corrected chi connectivity index (χ4v) is 1.38. The molecule has 0 heterocycles. The Balaban J connectivity index is 2.37. The van der Waals surface area contributed by atoms with Crippen molar-refractivity contribution in [2.75, 3.05) is 19.0 Å². The first-order valence-corrected chi connectivity index (χ1v) is 5.99. The molecular formula is C13H18N4O3. The maximum Gasteiger partial charge on any atom is 0.259 e. The van der Waals surface area contributed by atoms with Crippen LogP contribution in [0.5, 0.6) is 5.75 Å². The maximum atomic E-state index is 11.5. The van der Waals surface area contributed by atoms with Crippen molar-refractivity contribution in [3.63, 3.8) is 0 Å². The highest BCUT2D eigenvalue weighted by molar-refractivity contribution is 5.99. The van der Waals surface area contributed by atoms with Crippen LogP contribution >= 0.6 is 0 Å². The van der Waals surface area contributed by atoms with E-state index in [4.69, 9.17) is 10.5 Å². The molecule has 0 fully saturated rings. The lowest BCUT2D eigenvalue weighted by molar-refractivity contribution is -0.119. The van der Waals surface area contributed by atoms with E-state index in [1.165, 1.54) is 0 Å². The van der Waals surface area contributed by atoms with E-state index in [-0.39, 0.29) is 18.9 Å². The topological polar surface area (TPSA) is 106 Å². The van der Waals surface area contributed by atoms with Gasteiger partial charge in [0, 0.05) is 11.4 Å². The smallest absolute Gasteiger partial charge is 0.259 e. The van der Waals surface area contributed by atoms with Crippen LogP contribution < -0.4 is 21.2 Å². The van der Waals surface area contributed by atoms with E-state index in [2.05, 4.69) is 15.8 Å². The number of anilines is 1. The van der Waals surface area contributed by atoms with Gasteiger partial charge in [0.25, 0.3) is 5.91 Å². The minimum Gasteiger partial charge on any atom is -0.497 e. The molecule has 4 N–H and O–H groups in total. The lowest BCUT2D eigenvalue weighted by Crippen LogP contribution is -2.27. The Bertz CT molecular complexity index is 497. The Morgan fingerprint density at radius 1 is 1.30 bits per heavy atom. The van der Waals surface area contributed by atoms with E-state index in [9.17, 15) is 9.59 Å². The molecule has 7 heteroatoms. The molecule has 0 atom stereocenters. The summed E-state index contributed by atoms with van der Waals surface area (Å²) in [7, 11) is 1.59. The predicted octanol–water partition coefficient (Wildman–Crippen LogP) is 0.475. The van der Waals surface area contributed by atoms with Crippen molar-refractivity contribution in [2.24, 2.45) is 10.8 Å². The Morgan fingerprint density at radius 3 is 2.50 bits per heavy atom. The van der Waals surface area contributed by atoms with Gasteiger partial charge in [0.05, 0.1) is 20.1 Å². The Hall–Kier alpha value is -2.57. The Labute approximate surface area is 117 Å². The number of nitrogens with two attached hydrogens (primary N) is 1. The van der Waals surface area contributed by atoms with E-state index < -0.39 is 5.91 Å². The molecule has 0 saturated carbocycles. The highest BCUT2D eigenvalue weighted by Gasteiger charge is 2.02. The van der Waals surface area contributed by atoms with Crippen LogP contribution in [0.15, 0.2) is 29.4 Å². The van der Waals surface area contributed by atoms with Gasteiger partial charge in [-0.15, -0.1) is 0 Å². The van der Waals surface area contributed by atoms with Crippen molar-refractivity contribution in [2.45, 2.75) is 13.3 Å². The third-order valence-electron chi connectivity index (χ3n) is 2.34. The number of amides is 2. The lowest BCUT2D eigenvalue weighted by atomic mass is 10.3. The van der Waals surface area contributed by atoms with Crippen molar-refractivity contribution in [1.29, 1.82) is 0 Å². The molecule has 7 nitrogen and oxygen atoms in total. The van der Waals surface area contributed by atoms with E-state index >= 15 is 0 Å². The summed E-state index contributed by atoms with van der Waals surface area (Å²) < 4.78 is 5.03. The van der Waals surface area contributed by atoms with Crippen molar-refractivity contribution >= 4 is 23.2 Å². The quantitative estimate of drug-likeness (QED) is 0.498. The number of nitrogens with zero attached hydrogens (tertiary/aromatic N) is 1. The molecular weight excluding hydrogens is 260 g/mol. The van der Waals surface area contributed by atoms with Crippen molar-refractivity contribution < 1.29 is 14.3 Å². The third-order valence-corrected chi connectivity index (χ3v) is 2.34. The average molecular weight is 278 g/mol. The van der Waals surface area contributed by atoms with Crippen LogP contribution in [0.25, 0.3) is 0 Å². The van der Waals surface area contributed by atoms with Crippen LogP contribution in [-0.4, -0.2) is 31.2 Å². The molecule has 0 aliphatic carbocycles. The molecule has 0 radical (unpaired) electrons. The lowest BCUT2D eigenvalue weighted by Gasteiger charge is -2.06. The predicted molar refractivity (Wildman–Crippen MR) is 76.5 cm³/mol. The van der Waals surface area contributed by atoms with Gasteiger partial charge in [-0.1, -0.05) is 0 Å². The fraction of sp³-hybridized carbons (Fsp3) is 0.308. The van der Waals surface area contributed by atoms with Gasteiger partial charge in [-0.25, -0.2) is 5.43 Å². The molecule has 108 valence electrons. The minimum absolute atomic E-state index is 0.0200. The normalized spacial score (nSPS) is 10.8. The summed E-state index contributed by atoms with van der Waals surface area (Å²) in [5.74, 6) is -0.0619. The first kappa shape index (κ1) is 15.5. The summed E-state index contributed by atoms with van der Waals surface area (Å²) in [4.78, 5) is 22.1. The number of ether oxygens (including phenoxy) is 1. The second-order valence-electron chi connectivity index (χ2n) is 4.11. The highest BCUT2D eigenvalue weighted by Crippen LogP contribution is 2.14. The molecule has 2 amide bonds. The molecule has 0 aliphatic rings. The fourth-order valence-electron chi connectivity index (χ4n) is 1.38. The van der Waals surface area contributed by atoms with Crippen LogP contribution in [-0.2, 0) is 9.59 Å². The summed E-state index contributed by atoms with van der Waals surface area (Å²) >= 11 is 0. The Kier molecular flexibility index (Phi) is 6.02. The number of methoxy groups -OCH3 is 1. The number of carbonyl (C=O) groups excluding carboxylic acids is 2. The van der Waals surface area contributed by atoms with Crippen molar-refractivity contribution in [3.8, 4) is 5.75 Å². The number of benzene rings is 1. The van der Waals surface area contributed by atoms with Gasteiger partial charge < -0.3 is 15.8 Å². The SMILES string of the molecule is COc1ccc(NCC(=O)N/N=C(/C)CC(N)=O)cc1. The van der Waals surface area contributed by atoms with Crippen LogP contribution in [0.3, 0.4) is 0 Å². The third kappa shape index (κ3) is 5.85. The molecule has 1 aromatic rings. The summed E-state index contributed by atoms with van der Waals surface area (Å²) in [6.45, 7) is 1.68. The summed E-state index contributed by atoms with van der Waals surface area (Å²) in [5.41, 5.74) is 8.58. The molecule has 0 aliphatic heterocycles. The molecule has 1 rings (SSSR count). The summed E-state index contributed by atoms with van der Waals surface area (Å²) in [6.07, 6.45) is 0.0200. The number of hydrazone groups is 1. The van der Waals surface area contributed by atoms with Crippen molar-refractivity contribution in [3.05, 3.63) is 24.3 Å².